The predicted molar refractivity (Wildman–Crippen MR) is 160 cm³/mol. The van der Waals surface area contributed by atoms with Crippen LogP contribution in [0.25, 0.3) is 0 Å². The molecule has 2 heterocycles. The largest absolute Gasteiger partial charge is 0.465 e. The molecule has 5 atom stereocenters. The second-order valence-corrected chi connectivity index (χ2v) is 13.9. The van der Waals surface area contributed by atoms with Crippen LogP contribution in [0, 0.1) is 33.5 Å². The second kappa shape index (κ2) is 13.0. The highest BCUT2D eigenvalue weighted by atomic mass is 16.9. The maximum Gasteiger partial charge on any atom is 0.334 e. The van der Waals surface area contributed by atoms with E-state index in [2.05, 4.69) is 13.2 Å². The third-order valence-corrected chi connectivity index (χ3v) is 11.1. The third kappa shape index (κ3) is 6.08. The Bertz CT molecular complexity index is 1270. The van der Waals surface area contributed by atoms with Crippen LogP contribution in [0.3, 0.4) is 0 Å². The van der Waals surface area contributed by atoms with E-state index in [1.807, 2.05) is 13.8 Å². The van der Waals surface area contributed by atoms with Crippen molar-refractivity contribution in [3.63, 3.8) is 0 Å². The molecule has 0 amide bonds. The molecular formula is C34H46O13. The molecule has 0 aromatic heterocycles. The molecule has 2 aliphatic heterocycles. The summed E-state index contributed by atoms with van der Waals surface area (Å²) in [5, 5.41) is 0. The second-order valence-electron chi connectivity index (χ2n) is 13.9. The Balaban J connectivity index is 0.827. The molecule has 260 valence electrons. The molecule has 47 heavy (non-hydrogen) atoms. The predicted octanol–water partition coefficient (Wildman–Crippen LogP) is 2.99. The van der Waals surface area contributed by atoms with Gasteiger partial charge >= 0.3 is 17.9 Å². The Hall–Kier alpha value is -2.68. The minimum atomic E-state index is -1.22. The third-order valence-electron chi connectivity index (χ3n) is 11.1. The molecule has 6 fully saturated rings. The van der Waals surface area contributed by atoms with Gasteiger partial charge in [0.25, 0.3) is 0 Å². The molecule has 0 bridgehead atoms. The lowest BCUT2D eigenvalue weighted by molar-refractivity contribution is -0.481. The van der Waals surface area contributed by atoms with Crippen molar-refractivity contribution in [3.05, 3.63) is 24.3 Å². The molecule has 6 rings (SSSR count). The van der Waals surface area contributed by atoms with E-state index in [9.17, 15) is 19.2 Å². The average Bonchev–Trinajstić information content (AvgIpc) is 3.83. The van der Waals surface area contributed by atoms with Crippen molar-refractivity contribution in [2.75, 3.05) is 46.2 Å². The van der Waals surface area contributed by atoms with Gasteiger partial charge < -0.3 is 47.4 Å². The van der Waals surface area contributed by atoms with E-state index in [4.69, 9.17) is 42.6 Å². The number of fused-ring (bicyclic) bond motifs is 2. The van der Waals surface area contributed by atoms with E-state index in [0.717, 1.165) is 12.8 Å². The number of hydrogen-bond acceptors (Lipinski definition) is 13. The summed E-state index contributed by atoms with van der Waals surface area (Å²) >= 11 is 0. The van der Waals surface area contributed by atoms with Gasteiger partial charge in [-0.3, -0.25) is 4.79 Å². The number of aldehydes is 1. The van der Waals surface area contributed by atoms with E-state index in [0.29, 0.717) is 31.1 Å². The molecule has 2 saturated heterocycles. The van der Waals surface area contributed by atoms with Crippen molar-refractivity contribution in [2.24, 2.45) is 33.5 Å². The van der Waals surface area contributed by atoms with Crippen LogP contribution >= 0.6 is 0 Å². The van der Waals surface area contributed by atoms with Gasteiger partial charge in [0.05, 0.1) is 38.4 Å². The van der Waals surface area contributed by atoms with Crippen LogP contribution < -0.4 is 0 Å². The van der Waals surface area contributed by atoms with Gasteiger partial charge in [-0.05, 0) is 71.1 Å². The zero-order valence-electron chi connectivity index (χ0n) is 27.5. The maximum atomic E-state index is 12.9. The highest BCUT2D eigenvalue weighted by Gasteiger charge is 2.74. The fraction of sp³-hybridized carbons (Fsp3) is 0.765. The summed E-state index contributed by atoms with van der Waals surface area (Å²) in [6.07, 6.45) is 2.78. The highest BCUT2D eigenvalue weighted by Crippen LogP contribution is 2.75. The van der Waals surface area contributed by atoms with Crippen LogP contribution in [0.2, 0.25) is 0 Å². The number of carbonyl (C=O) groups excluding carboxylic acids is 4. The van der Waals surface area contributed by atoms with Crippen molar-refractivity contribution < 1.29 is 61.8 Å². The van der Waals surface area contributed by atoms with Crippen LogP contribution in [0.15, 0.2) is 24.3 Å². The zero-order chi connectivity index (χ0) is 33.6. The average molecular weight is 663 g/mol. The number of carbonyl (C=O) groups is 4. The molecule has 0 N–H and O–H groups in total. The topological polar surface area (TPSA) is 151 Å². The zero-order valence-corrected chi connectivity index (χ0v) is 27.5. The van der Waals surface area contributed by atoms with Gasteiger partial charge in [0, 0.05) is 22.0 Å². The molecule has 13 nitrogen and oxygen atoms in total. The molecule has 4 aliphatic carbocycles. The van der Waals surface area contributed by atoms with Gasteiger partial charge in [0.2, 0.25) is 0 Å². The van der Waals surface area contributed by atoms with Gasteiger partial charge in [0.15, 0.2) is 25.2 Å². The van der Waals surface area contributed by atoms with Crippen molar-refractivity contribution in [2.45, 2.75) is 84.5 Å². The smallest absolute Gasteiger partial charge is 0.334 e. The first-order valence-corrected chi connectivity index (χ1v) is 16.6. The molecule has 0 radical (unpaired) electrons. The van der Waals surface area contributed by atoms with Crippen molar-refractivity contribution in [3.8, 4) is 0 Å². The molecule has 0 aromatic rings. The standard InChI is InChI=1S/C34H46O13/c1-6-41-28(38)31(19-35)13-24-14-32(24,17-31)20(2)26(36)42-11-9-39-7-8-40-10-12-43-27(37)21(3)33-15-25(33)16-34(18-33,29-44-22(4)45-29)30-46-23(5)47-30/h19,22-25,29-30H,2-3,6-18H2,1,4-5H3. The van der Waals surface area contributed by atoms with Crippen LogP contribution in [0.5, 0.6) is 0 Å². The summed E-state index contributed by atoms with van der Waals surface area (Å²) in [4.78, 5) is 49.7. The minimum absolute atomic E-state index is 0.0229. The number of ether oxygens (including phenoxy) is 9. The summed E-state index contributed by atoms with van der Waals surface area (Å²) in [5.41, 5.74) is -1.91. The van der Waals surface area contributed by atoms with E-state index in [-0.39, 0.29) is 88.1 Å². The molecule has 5 unspecified atom stereocenters. The van der Waals surface area contributed by atoms with Gasteiger partial charge in [-0.2, -0.15) is 0 Å². The fourth-order valence-electron chi connectivity index (χ4n) is 8.46. The van der Waals surface area contributed by atoms with Crippen LogP contribution in [-0.2, 0) is 61.8 Å². The number of esters is 3. The normalized spacial score (nSPS) is 40.6. The molecule has 4 saturated carbocycles. The number of rotatable bonds is 18. The molecule has 13 heteroatoms. The van der Waals surface area contributed by atoms with E-state index >= 15 is 0 Å². The Kier molecular flexibility index (Phi) is 9.44. The molecule has 0 aromatic carbocycles. The first-order chi connectivity index (χ1) is 22.4. The monoisotopic (exact) mass is 662 g/mol. The van der Waals surface area contributed by atoms with E-state index in [1.54, 1.807) is 6.92 Å². The maximum absolute atomic E-state index is 12.9. The summed E-state index contributed by atoms with van der Waals surface area (Å²) in [6, 6.07) is 0. The van der Waals surface area contributed by atoms with Crippen LogP contribution in [-0.4, -0.2) is 95.6 Å². The van der Waals surface area contributed by atoms with Crippen molar-refractivity contribution >= 4 is 24.2 Å². The Labute approximate surface area is 274 Å². The summed E-state index contributed by atoms with van der Waals surface area (Å²) in [7, 11) is 0. The Morgan fingerprint density at radius 2 is 1.17 bits per heavy atom. The fourth-order valence-corrected chi connectivity index (χ4v) is 8.46. The molecule has 0 spiro atoms. The van der Waals surface area contributed by atoms with E-state index in [1.165, 1.54) is 0 Å². The lowest BCUT2D eigenvalue weighted by Crippen LogP contribution is -2.61. The van der Waals surface area contributed by atoms with Crippen LogP contribution in [0.4, 0.5) is 0 Å². The molecular weight excluding hydrogens is 616 g/mol. The first kappa shape index (κ1) is 34.2. The highest BCUT2D eigenvalue weighted by molar-refractivity contribution is 5.96. The van der Waals surface area contributed by atoms with Gasteiger partial charge in [-0.25, -0.2) is 9.59 Å². The van der Waals surface area contributed by atoms with Gasteiger partial charge in [-0.15, -0.1) is 0 Å². The van der Waals surface area contributed by atoms with Crippen LogP contribution in [0.1, 0.15) is 59.3 Å². The first-order valence-electron chi connectivity index (χ1n) is 16.6. The summed E-state index contributed by atoms with van der Waals surface area (Å²) < 4.78 is 50.4. The lowest BCUT2D eigenvalue weighted by Gasteiger charge is -2.53. The summed E-state index contributed by atoms with van der Waals surface area (Å²) in [6.45, 7) is 14.6. The molecule has 6 aliphatic rings. The minimum Gasteiger partial charge on any atom is -0.465 e. The van der Waals surface area contributed by atoms with Crippen molar-refractivity contribution in [1.82, 2.24) is 0 Å². The van der Waals surface area contributed by atoms with Crippen molar-refractivity contribution in [1.29, 1.82) is 0 Å². The van der Waals surface area contributed by atoms with E-state index < -0.39 is 46.7 Å². The SMILES string of the molecule is C=C(C(=O)OCCOCCOCCOC(=O)C(=C)C12CC1CC(C1OC(C)O1)(C1OC(C)O1)C2)C12CC1CC(C=O)(C(=O)OCC)C2. The lowest BCUT2D eigenvalue weighted by atomic mass is 9.76. The quantitative estimate of drug-likeness (QED) is 0.0529. The Morgan fingerprint density at radius 1 is 0.702 bits per heavy atom. The van der Waals surface area contributed by atoms with Gasteiger partial charge in [-0.1, -0.05) is 13.2 Å². The number of hydrogen-bond donors (Lipinski definition) is 0. The van der Waals surface area contributed by atoms with Gasteiger partial charge in [0.1, 0.15) is 24.9 Å². The Morgan fingerprint density at radius 3 is 1.64 bits per heavy atom. The summed E-state index contributed by atoms with van der Waals surface area (Å²) in [5.74, 6) is -1.23.